The third kappa shape index (κ3) is 5.77. The molecular formula is C14H20ClN3O2S. The number of nitrogens with zero attached hydrogens (tertiary/aromatic N) is 1. The van der Waals surface area contributed by atoms with Crippen molar-refractivity contribution in [3.05, 3.63) is 22.7 Å². The fourth-order valence-electron chi connectivity index (χ4n) is 1.52. The first-order chi connectivity index (χ1) is 10.1. The molecule has 2 N–H and O–H groups in total. The Morgan fingerprint density at radius 2 is 2.19 bits per heavy atom. The lowest BCUT2D eigenvalue weighted by atomic mass is 10.2. The fraction of sp³-hybridized carbons (Fsp3) is 0.429. The van der Waals surface area contributed by atoms with Crippen LogP contribution in [0.15, 0.2) is 17.2 Å². The predicted molar refractivity (Wildman–Crippen MR) is 90.8 cm³/mol. The van der Waals surface area contributed by atoms with Crippen LogP contribution in [0.2, 0.25) is 5.02 Å². The van der Waals surface area contributed by atoms with Crippen molar-refractivity contribution in [2.45, 2.75) is 20.3 Å². The van der Waals surface area contributed by atoms with E-state index in [1.54, 1.807) is 25.5 Å². The lowest BCUT2D eigenvalue weighted by Crippen LogP contribution is -2.31. The zero-order valence-corrected chi connectivity index (χ0v) is 14.0. The zero-order chi connectivity index (χ0) is 15.7. The van der Waals surface area contributed by atoms with Crippen molar-refractivity contribution in [1.29, 1.82) is 0 Å². The summed E-state index contributed by atoms with van der Waals surface area (Å²) in [4.78, 5) is 0. The summed E-state index contributed by atoms with van der Waals surface area (Å²) < 4.78 is 10.9. The average molecular weight is 330 g/mol. The highest BCUT2D eigenvalue weighted by atomic mass is 35.5. The van der Waals surface area contributed by atoms with Gasteiger partial charge >= 0.3 is 0 Å². The van der Waals surface area contributed by atoms with E-state index in [1.165, 1.54) is 0 Å². The van der Waals surface area contributed by atoms with Crippen molar-refractivity contribution in [2.75, 3.05) is 20.3 Å². The highest BCUT2D eigenvalue weighted by Gasteiger charge is 2.11. The summed E-state index contributed by atoms with van der Waals surface area (Å²) >= 11 is 11.2. The van der Waals surface area contributed by atoms with Gasteiger partial charge in [0.1, 0.15) is 0 Å². The van der Waals surface area contributed by atoms with E-state index in [0.717, 1.165) is 18.5 Å². The molecular weight excluding hydrogens is 310 g/mol. The first-order valence-electron chi connectivity index (χ1n) is 6.69. The molecule has 0 fully saturated rings. The Kier molecular flexibility index (Phi) is 7.85. The summed E-state index contributed by atoms with van der Waals surface area (Å²) in [5, 5.41) is 7.92. The van der Waals surface area contributed by atoms with Gasteiger partial charge in [-0.3, -0.25) is 5.43 Å². The molecule has 1 aromatic carbocycles. The highest BCUT2D eigenvalue weighted by molar-refractivity contribution is 7.80. The molecule has 5 nitrogen and oxygen atoms in total. The second-order valence-electron chi connectivity index (χ2n) is 4.11. The van der Waals surface area contributed by atoms with Gasteiger partial charge in [-0.15, -0.1) is 0 Å². The maximum Gasteiger partial charge on any atom is 0.186 e. The SMILES string of the molecule is CCCOc1c(Cl)cc(/C=N\NC(=S)NCC)cc1OC. The molecule has 0 saturated heterocycles. The summed E-state index contributed by atoms with van der Waals surface area (Å²) in [6.07, 6.45) is 2.51. The second-order valence-corrected chi connectivity index (χ2v) is 4.93. The van der Waals surface area contributed by atoms with Crippen molar-refractivity contribution in [3.8, 4) is 11.5 Å². The first-order valence-corrected chi connectivity index (χ1v) is 7.48. The number of benzene rings is 1. The number of hydrazone groups is 1. The van der Waals surface area contributed by atoms with Gasteiger partial charge in [-0.1, -0.05) is 18.5 Å². The number of hydrogen-bond acceptors (Lipinski definition) is 4. The Morgan fingerprint density at radius 1 is 1.43 bits per heavy atom. The molecule has 0 aromatic heterocycles. The topological polar surface area (TPSA) is 54.9 Å². The molecule has 1 aromatic rings. The lowest BCUT2D eigenvalue weighted by Gasteiger charge is -2.12. The summed E-state index contributed by atoms with van der Waals surface area (Å²) in [6, 6.07) is 3.56. The standard InChI is InChI=1S/C14H20ClN3O2S/c1-4-6-20-13-11(15)7-10(8-12(13)19-3)9-17-18-14(21)16-5-2/h7-9H,4-6H2,1-3H3,(H2,16,18,21)/b17-9-. The molecule has 0 unspecified atom stereocenters. The zero-order valence-electron chi connectivity index (χ0n) is 12.4. The Bertz CT molecular complexity index is 509. The van der Waals surface area contributed by atoms with Crippen LogP contribution >= 0.6 is 23.8 Å². The molecule has 0 radical (unpaired) electrons. The predicted octanol–water partition coefficient (Wildman–Crippen LogP) is 2.96. The molecule has 0 aliphatic carbocycles. The smallest absolute Gasteiger partial charge is 0.186 e. The van der Waals surface area contributed by atoms with Crippen LogP contribution < -0.4 is 20.2 Å². The molecule has 0 saturated carbocycles. The van der Waals surface area contributed by atoms with E-state index in [0.29, 0.717) is 28.2 Å². The van der Waals surface area contributed by atoms with E-state index in [4.69, 9.17) is 33.3 Å². The molecule has 0 aliphatic heterocycles. The van der Waals surface area contributed by atoms with Gasteiger partial charge in [-0.05, 0) is 43.3 Å². The molecule has 116 valence electrons. The summed E-state index contributed by atoms with van der Waals surface area (Å²) in [5.41, 5.74) is 3.50. The van der Waals surface area contributed by atoms with E-state index < -0.39 is 0 Å². The number of ether oxygens (including phenoxy) is 2. The van der Waals surface area contributed by atoms with Gasteiger partial charge in [0.05, 0.1) is 25.0 Å². The van der Waals surface area contributed by atoms with Gasteiger partial charge in [0.15, 0.2) is 16.6 Å². The number of halogens is 1. The van der Waals surface area contributed by atoms with Crippen LogP contribution in [0.3, 0.4) is 0 Å². The third-order valence-electron chi connectivity index (χ3n) is 2.42. The number of methoxy groups -OCH3 is 1. The van der Waals surface area contributed by atoms with Crippen LogP contribution in [0.1, 0.15) is 25.8 Å². The Balaban J connectivity index is 2.82. The van der Waals surface area contributed by atoms with Crippen LogP contribution in [0.4, 0.5) is 0 Å². The molecule has 0 bridgehead atoms. The van der Waals surface area contributed by atoms with Crippen LogP contribution in [-0.4, -0.2) is 31.6 Å². The highest BCUT2D eigenvalue weighted by Crippen LogP contribution is 2.36. The van der Waals surface area contributed by atoms with Crippen LogP contribution in [0.5, 0.6) is 11.5 Å². The molecule has 0 atom stereocenters. The van der Waals surface area contributed by atoms with Crippen molar-refractivity contribution in [1.82, 2.24) is 10.7 Å². The number of thiocarbonyl (C=S) groups is 1. The largest absolute Gasteiger partial charge is 0.493 e. The van der Waals surface area contributed by atoms with Crippen molar-refractivity contribution < 1.29 is 9.47 Å². The number of rotatable bonds is 7. The Hall–Kier alpha value is -1.53. The van der Waals surface area contributed by atoms with Gasteiger partial charge in [0, 0.05) is 6.54 Å². The Morgan fingerprint density at radius 3 is 2.81 bits per heavy atom. The Labute approximate surface area is 135 Å². The molecule has 7 heteroatoms. The molecule has 21 heavy (non-hydrogen) atoms. The minimum atomic E-state index is 0.467. The average Bonchev–Trinajstić information content (AvgIpc) is 2.46. The molecule has 0 aliphatic rings. The van der Waals surface area contributed by atoms with Gasteiger partial charge < -0.3 is 14.8 Å². The van der Waals surface area contributed by atoms with Crippen LogP contribution in [0, 0.1) is 0 Å². The maximum atomic E-state index is 6.22. The van der Waals surface area contributed by atoms with Gasteiger partial charge in [-0.25, -0.2) is 0 Å². The fourth-order valence-corrected chi connectivity index (χ4v) is 1.99. The monoisotopic (exact) mass is 329 g/mol. The molecule has 0 heterocycles. The minimum Gasteiger partial charge on any atom is -0.493 e. The minimum absolute atomic E-state index is 0.467. The quantitative estimate of drug-likeness (QED) is 0.457. The van der Waals surface area contributed by atoms with E-state index in [1.807, 2.05) is 13.8 Å². The molecule has 1 rings (SSSR count). The van der Waals surface area contributed by atoms with Gasteiger partial charge in [0.2, 0.25) is 0 Å². The van der Waals surface area contributed by atoms with E-state index in [2.05, 4.69) is 15.8 Å². The van der Waals surface area contributed by atoms with Crippen molar-refractivity contribution in [2.24, 2.45) is 5.10 Å². The van der Waals surface area contributed by atoms with E-state index >= 15 is 0 Å². The second kappa shape index (κ2) is 9.41. The van der Waals surface area contributed by atoms with Gasteiger partial charge in [0.25, 0.3) is 0 Å². The molecule has 0 spiro atoms. The van der Waals surface area contributed by atoms with Crippen LogP contribution in [-0.2, 0) is 0 Å². The van der Waals surface area contributed by atoms with Crippen molar-refractivity contribution in [3.63, 3.8) is 0 Å². The van der Waals surface area contributed by atoms with E-state index in [-0.39, 0.29) is 0 Å². The van der Waals surface area contributed by atoms with Crippen molar-refractivity contribution >= 4 is 35.1 Å². The third-order valence-corrected chi connectivity index (χ3v) is 2.94. The normalized spacial score (nSPS) is 10.5. The number of nitrogens with one attached hydrogen (secondary N) is 2. The van der Waals surface area contributed by atoms with E-state index in [9.17, 15) is 0 Å². The first kappa shape index (κ1) is 17.5. The summed E-state index contributed by atoms with van der Waals surface area (Å²) in [5.74, 6) is 1.13. The summed E-state index contributed by atoms with van der Waals surface area (Å²) in [6.45, 7) is 5.31. The maximum absolute atomic E-state index is 6.22. The lowest BCUT2D eigenvalue weighted by molar-refractivity contribution is 0.294. The summed E-state index contributed by atoms with van der Waals surface area (Å²) in [7, 11) is 1.57. The van der Waals surface area contributed by atoms with Gasteiger partial charge in [-0.2, -0.15) is 5.10 Å². The number of hydrogen-bond donors (Lipinski definition) is 2. The molecule has 0 amide bonds. The van der Waals surface area contributed by atoms with Crippen LogP contribution in [0.25, 0.3) is 0 Å².